The van der Waals surface area contributed by atoms with Crippen LogP contribution in [-0.2, 0) is 4.79 Å². The van der Waals surface area contributed by atoms with E-state index in [4.69, 9.17) is 0 Å². The molecule has 3 atom stereocenters. The number of amides is 1. The van der Waals surface area contributed by atoms with Gasteiger partial charge in [0.25, 0.3) is 0 Å². The summed E-state index contributed by atoms with van der Waals surface area (Å²) in [5.41, 5.74) is 0. The van der Waals surface area contributed by atoms with Gasteiger partial charge in [0.05, 0.1) is 6.04 Å². The molecule has 2 N–H and O–H groups in total. The molecule has 1 amide bonds. The van der Waals surface area contributed by atoms with Crippen LogP contribution < -0.4 is 10.6 Å². The van der Waals surface area contributed by atoms with Crippen molar-refractivity contribution in [3.05, 3.63) is 12.7 Å². The van der Waals surface area contributed by atoms with E-state index in [-0.39, 0.29) is 11.9 Å². The molecule has 0 spiro atoms. The van der Waals surface area contributed by atoms with Gasteiger partial charge in [-0.1, -0.05) is 32.3 Å². The van der Waals surface area contributed by atoms with Crippen LogP contribution in [0.25, 0.3) is 0 Å². The Morgan fingerprint density at radius 2 is 2.18 bits per heavy atom. The fraction of sp³-hybridized carbons (Fsp3) is 0.786. The van der Waals surface area contributed by atoms with Crippen molar-refractivity contribution in [1.29, 1.82) is 0 Å². The van der Waals surface area contributed by atoms with Crippen molar-refractivity contribution in [3.8, 4) is 0 Å². The van der Waals surface area contributed by atoms with E-state index < -0.39 is 0 Å². The Labute approximate surface area is 105 Å². The van der Waals surface area contributed by atoms with Gasteiger partial charge < -0.3 is 10.6 Å². The Kier molecular flexibility index (Phi) is 6.27. The van der Waals surface area contributed by atoms with Crippen molar-refractivity contribution in [1.82, 2.24) is 10.6 Å². The number of carbonyl (C=O) groups is 1. The highest BCUT2D eigenvalue weighted by atomic mass is 16.2. The second-order valence-electron chi connectivity index (χ2n) is 4.98. The second kappa shape index (κ2) is 7.49. The maximum atomic E-state index is 11.7. The molecule has 0 aromatic rings. The maximum absolute atomic E-state index is 11.7. The van der Waals surface area contributed by atoms with Crippen molar-refractivity contribution < 1.29 is 4.79 Å². The Morgan fingerprint density at radius 1 is 1.47 bits per heavy atom. The largest absolute Gasteiger partial charge is 0.351 e. The molecule has 1 aliphatic carbocycles. The van der Waals surface area contributed by atoms with Gasteiger partial charge in [-0.05, 0) is 25.7 Å². The summed E-state index contributed by atoms with van der Waals surface area (Å²) in [4.78, 5) is 11.7. The van der Waals surface area contributed by atoms with Crippen LogP contribution in [-0.4, -0.2) is 24.5 Å². The molecule has 3 nitrogen and oxygen atoms in total. The zero-order valence-corrected chi connectivity index (χ0v) is 11.2. The lowest BCUT2D eigenvalue weighted by Gasteiger charge is -2.33. The molecule has 1 saturated carbocycles. The van der Waals surface area contributed by atoms with E-state index in [1.54, 1.807) is 6.08 Å². The Balaban J connectivity index is 2.39. The van der Waals surface area contributed by atoms with Gasteiger partial charge >= 0.3 is 0 Å². The highest BCUT2D eigenvalue weighted by Crippen LogP contribution is 2.26. The number of hydrogen-bond donors (Lipinski definition) is 2. The Hall–Kier alpha value is -0.830. The standard InChI is InChI=1S/C14H26N2O/c1-4-10-15-14(17)11(3)16-13-9-7-6-8-12(13)5-2/h4,11-13,16H,1,5-10H2,2-3H3,(H,15,17). The zero-order valence-electron chi connectivity index (χ0n) is 11.2. The predicted molar refractivity (Wildman–Crippen MR) is 71.8 cm³/mol. The minimum atomic E-state index is -0.105. The normalized spacial score (nSPS) is 26.2. The quantitative estimate of drug-likeness (QED) is 0.697. The molecule has 3 unspecified atom stereocenters. The van der Waals surface area contributed by atoms with Crippen LogP contribution in [0.3, 0.4) is 0 Å². The van der Waals surface area contributed by atoms with Gasteiger partial charge in [0.15, 0.2) is 0 Å². The molecule has 0 aromatic carbocycles. The number of carbonyl (C=O) groups excluding carboxylic acids is 1. The number of nitrogens with one attached hydrogen (secondary N) is 2. The van der Waals surface area contributed by atoms with E-state index in [0.29, 0.717) is 12.6 Å². The molecule has 17 heavy (non-hydrogen) atoms. The Bertz CT molecular complexity index is 253. The van der Waals surface area contributed by atoms with Crippen molar-refractivity contribution >= 4 is 5.91 Å². The highest BCUT2D eigenvalue weighted by Gasteiger charge is 2.26. The zero-order chi connectivity index (χ0) is 12.7. The molecular weight excluding hydrogens is 212 g/mol. The van der Waals surface area contributed by atoms with Crippen LogP contribution in [0.15, 0.2) is 12.7 Å². The third-order valence-corrected chi connectivity index (χ3v) is 3.71. The minimum absolute atomic E-state index is 0.0744. The number of rotatable bonds is 6. The predicted octanol–water partition coefficient (Wildman–Crippen LogP) is 2.24. The van der Waals surface area contributed by atoms with Crippen molar-refractivity contribution in [3.63, 3.8) is 0 Å². The summed E-state index contributed by atoms with van der Waals surface area (Å²) in [5, 5.41) is 6.32. The molecule has 0 radical (unpaired) electrons. The average molecular weight is 238 g/mol. The first-order valence-electron chi connectivity index (χ1n) is 6.83. The monoisotopic (exact) mass is 238 g/mol. The van der Waals surface area contributed by atoms with Crippen LogP contribution in [0, 0.1) is 5.92 Å². The van der Waals surface area contributed by atoms with E-state index in [2.05, 4.69) is 24.1 Å². The fourth-order valence-electron chi connectivity index (χ4n) is 2.64. The molecule has 1 aliphatic rings. The lowest BCUT2D eigenvalue weighted by Crippen LogP contribution is -2.49. The third kappa shape index (κ3) is 4.50. The topological polar surface area (TPSA) is 41.1 Å². The SMILES string of the molecule is C=CCNC(=O)C(C)NC1CCCCC1CC. The first kappa shape index (κ1) is 14.2. The molecule has 98 valence electrons. The molecule has 0 aliphatic heterocycles. The first-order chi connectivity index (χ1) is 8.19. The van der Waals surface area contributed by atoms with Gasteiger partial charge in [-0.2, -0.15) is 0 Å². The molecule has 0 saturated heterocycles. The third-order valence-electron chi connectivity index (χ3n) is 3.71. The van der Waals surface area contributed by atoms with Gasteiger partial charge in [-0.25, -0.2) is 0 Å². The lowest BCUT2D eigenvalue weighted by atomic mass is 9.82. The summed E-state index contributed by atoms with van der Waals surface area (Å²) in [6, 6.07) is 0.408. The summed E-state index contributed by atoms with van der Waals surface area (Å²) in [5.74, 6) is 0.809. The minimum Gasteiger partial charge on any atom is -0.351 e. The van der Waals surface area contributed by atoms with E-state index in [1.807, 2.05) is 6.92 Å². The van der Waals surface area contributed by atoms with Crippen molar-refractivity contribution in [2.45, 2.75) is 58.0 Å². The first-order valence-corrected chi connectivity index (χ1v) is 6.83. The van der Waals surface area contributed by atoms with Crippen molar-refractivity contribution in [2.75, 3.05) is 6.54 Å². The summed E-state index contributed by atoms with van der Waals surface area (Å²) in [6.07, 6.45) is 8.05. The van der Waals surface area contributed by atoms with Gasteiger partial charge in [0, 0.05) is 12.6 Å². The smallest absolute Gasteiger partial charge is 0.237 e. The van der Waals surface area contributed by atoms with Crippen LogP contribution in [0.2, 0.25) is 0 Å². The van der Waals surface area contributed by atoms with E-state index in [9.17, 15) is 4.79 Å². The second-order valence-corrected chi connectivity index (χ2v) is 4.98. The maximum Gasteiger partial charge on any atom is 0.237 e. The Morgan fingerprint density at radius 3 is 2.82 bits per heavy atom. The van der Waals surface area contributed by atoms with E-state index >= 15 is 0 Å². The van der Waals surface area contributed by atoms with E-state index in [0.717, 1.165) is 5.92 Å². The van der Waals surface area contributed by atoms with Crippen LogP contribution in [0.5, 0.6) is 0 Å². The van der Waals surface area contributed by atoms with E-state index in [1.165, 1.54) is 32.1 Å². The summed E-state index contributed by atoms with van der Waals surface area (Å²) >= 11 is 0. The van der Waals surface area contributed by atoms with Crippen LogP contribution in [0.4, 0.5) is 0 Å². The van der Waals surface area contributed by atoms with Crippen LogP contribution >= 0.6 is 0 Å². The average Bonchev–Trinajstić information content (AvgIpc) is 2.36. The molecule has 3 heteroatoms. The molecule has 0 heterocycles. The van der Waals surface area contributed by atoms with Gasteiger partial charge in [0.1, 0.15) is 0 Å². The molecular formula is C14H26N2O. The van der Waals surface area contributed by atoms with Crippen molar-refractivity contribution in [2.24, 2.45) is 5.92 Å². The lowest BCUT2D eigenvalue weighted by molar-refractivity contribution is -0.122. The molecule has 1 fully saturated rings. The summed E-state index contributed by atoms with van der Waals surface area (Å²) in [6.45, 7) is 8.33. The summed E-state index contributed by atoms with van der Waals surface area (Å²) in [7, 11) is 0. The van der Waals surface area contributed by atoms with Gasteiger partial charge in [-0.15, -0.1) is 6.58 Å². The van der Waals surface area contributed by atoms with Gasteiger partial charge in [-0.3, -0.25) is 4.79 Å². The molecule has 0 aromatic heterocycles. The van der Waals surface area contributed by atoms with Crippen LogP contribution in [0.1, 0.15) is 46.0 Å². The fourth-order valence-corrected chi connectivity index (χ4v) is 2.64. The molecule has 0 bridgehead atoms. The molecule has 1 rings (SSSR count). The number of hydrogen-bond acceptors (Lipinski definition) is 2. The highest BCUT2D eigenvalue weighted by molar-refractivity contribution is 5.81. The van der Waals surface area contributed by atoms with Gasteiger partial charge in [0.2, 0.25) is 5.91 Å². The summed E-state index contributed by atoms with van der Waals surface area (Å²) < 4.78 is 0.